The van der Waals surface area contributed by atoms with E-state index in [0.29, 0.717) is 5.02 Å². The first-order chi connectivity index (χ1) is 14.9. The third-order valence-corrected chi connectivity index (χ3v) is 6.28. The molecular weight excluding hydrogens is 529 g/mol. The van der Waals surface area contributed by atoms with E-state index in [-0.39, 0.29) is 6.42 Å². The summed E-state index contributed by atoms with van der Waals surface area (Å²) in [6.45, 7) is 0. The second-order valence-electron chi connectivity index (χ2n) is 7.29. The lowest BCUT2D eigenvalue weighted by atomic mass is 9.98. The minimum absolute atomic E-state index is 0.0990. The van der Waals surface area contributed by atoms with Crippen molar-refractivity contribution in [1.82, 2.24) is 4.90 Å². The maximum absolute atomic E-state index is 13.0. The Kier molecular flexibility index (Phi) is 6.20. The van der Waals surface area contributed by atoms with Crippen molar-refractivity contribution in [3.8, 4) is 11.1 Å². The van der Waals surface area contributed by atoms with Crippen molar-refractivity contribution in [3.05, 3.63) is 92.0 Å². The van der Waals surface area contributed by atoms with Crippen molar-refractivity contribution in [2.45, 2.75) is 18.5 Å². The molecule has 0 saturated heterocycles. The van der Waals surface area contributed by atoms with E-state index in [2.05, 4.69) is 22.6 Å². The number of methoxy groups -OCH3 is 1. The predicted molar refractivity (Wildman–Crippen MR) is 127 cm³/mol. The topological polar surface area (TPSA) is 66.8 Å². The summed E-state index contributed by atoms with van der Waals surface area (Å²) in [5.74, 6) is -1.11. The Morgan fingerprint density at radius 2 is 1.65 bits per heavy atom. The fourth-order valence-electron chi connectivity index (χ4n) is 4.20. The Bertz CT molecular complexity index is 1100. The Morgan fingerprint density at radius 1 is 1.06 bits per heavy atom. The number of rotatable bonds is 5. The van der Waals surface area contributed by atoms with E-state index in [0.717, 1.165) is 31.4 Å². The number of halogens is 2. The van der Waals surface area contributed by atoms with Crippen molar-refractivity contribution in [1.29, 1.82) is 0 Å². The molecule has 7 heteroatoms. The number of amides is 1. The van der Waals surface area contributed by atoms with Gasteiger partial charge in [0.15, 0.2) is 0 Å². The number of aliphatic carboxylic acids is 1. The Hall–Kier alpha value is -2.58. The van der Waals surface area contributed by atoms with E-state index in [1.165, 1.54) is 12.0 Å². The Labute approximate surface area is 198 Å². The van der Waals surface area contributed by atoms with Crippen LogP contribution in [0, 0.1) is 3.57 Å². The van der Waals surface area contributed by atoms with Gasteiger partial charge in [-0.05, 0) is 68.6 Å². The summed E-state index contributed by atoms with van der Waals surface area (Å²) in [4.78, 5) is 26.8. The van der Waals surface area contributed by atoms with Crippen LogP contribution in [0.2, 0.25) is 5.02 Å². The number of hydrogen-bond acceptors (Lipinski definition) is 3. The van der Waals surface area contributed by atoms with Gasteiger partial charge in [0.2, 0.25) is 0 Å². The molecule has 3 aromatic carbocycles. The van der Waals surface area contributed by atoms with Crippen molar-refractivity contribution < 1.29 is 19.4 Å². The summed E-state index contributed by atoms with van der Waals surface area (Å²) >= 11 is 8.32. The fraction of sp³-hybridized carbons (Fsp3) is 0.167. The molecule has 3 aromatic rings. The van der Waals surface area contributed by atoms with Crippen molar-refractivity contribution in [3.63, 3.8) is 0 Å². The predicted octanol–water partition coefficient (Wildman–Crippen LogP) is 5.78. The largest absolute Gasteiger partial charge is 0.480 e. The van der Waals surface area contributed by atoms with Gasteiger partial charge in [-0.1, -0.05) is 60.1 Å². The highest BCUT2D eigenvalue weighted by molar-refractivity contribution is 14.1. The standard InChI is InChI=1S/C24H19ClINO4/c1-31-24(30)27(21(23(28)29)12-14-10-15(25)13-16(26)11-14)22-19-8-4-2-6-17(19)18-7-3-5-9-20(18)22/h2-11,13,21-22H,12H2,1H3,(H,28,29)/t21-/m0/s1. The second-order valence-corrected chi connectivity index (χ2v) is 8.97. The van der Waals surface area contributed by atoms with Crippen molar-refractivity contribution in [2.24, 2.45) is 0 Å². The van der Waals surface area contributed by atoms with Gasteiger partial charge < -0.3 is 9.84 Å². The molecule has 31 heavy (non-hydrogen) atoms. The van der Waals surface area contributed by atoms with Crippen LogP contribution < -0.4 is 0 Å². The van der Waals surface area contributed by atoms with Crippen LogP contribution in [0.3, 0.4) is 0 Å². The molecule has 0 fully saturated rings. The third-order valence-electron chi connectivity index (χ3n) is 5.44. The summed E-state index contributed by atoms with van der Waals surface area (Å²) in [5.41, 5.74) is 4.46. The molecule has 1 atom stereocenters. The number of nitrogens with zero attached hydrogens (tertiary/aromatic N) is 1. The number of fused-ring (bicyclic) bond motifs is 3. The van der Waals surface area contributed by atoms with Crippen LogP contribution >= 0.6 is 34.2 Å². The van der Waals surface area contributed by atoms with E-state index >= 15 is 0 Å². The number of carboxylic acid groups (broad SMARTS) is 1. The number of carbonyl (C=O) groups excluding carboxylic acids is 1. The van der Waals surface area contributed by atoms with Crippen LogP contribution in [0.5, 0.6) is 0 Å². The third kappa shape index (κ3) is 4.14. The average Bonchev–Trinajstić information content (AvgIpc) is 3.07. The first-order valence-electron chi connectivity index (χ1n) is 9.63. The monoisotopic (exact) mass is 547 g/mol. The van der Waals surface area contributed by atoms with Crippen LogP contribution in [-0.2, 0) is 16.0 Å². The van der Waals surface area contributed by atoms with Crippen LogP contribution in [0.25, 0.3) is 11.1 Å². The molecule has 4 rings (SSSR count). The average molecular weight is 548 g/mol. The number of carboxylic acids is 1. The molecule has 0 unspecified atom stereocenters. The second kappa shape index (κ2) is 8.88. The number of carbonyl (C=O) groups is 2. The van der Waals surface area contributed by atoms with Gasteiger partial charge in [-0.25, -0.2) is 9.59 Å². The highest BCUT2D eigenvalue weighted by Gasteiger charge is 2.42. The number of benzene rings is 3. The highest BCUT2D eigenvalue weighted by Crippen LogP contribution is 2.47. The molecule has 0 bridgehead atoms. The lowest BCUT2D eigenvalue weighted by Gasteiger charge is -2.34. The number of ether oxygens (including phenoxy) is 1. The summed E-state index contributed by atoms with van der Waals surface area (Å²) in [5, 5.41) is 10.7. The normalized spacial score (nSPS) is 13.3. The first kappa shape index (κ1) is 21.6. The zero-order chi connectivity index (χ0) is 22.1. The zero-order valence-corrected chi connectivity index (χ0v) is 19.5. The SMILES string of the molecule is COC(=O)N(C1c2ccccc2-c2ccccc21)[C@@H](Cc1cc(Cl)cc(I)c1)C(=O)O. The molecule has 0 spiro atoms. The van der Waals surface area contributed by atoms with Gasteiger partial charge in [0.25, 0.3) is 0 Å². The summed E-state index contributed by atoms with van der Waals surface area (Å²) in [7, 11) is 1.27. The van der Waals surface area contributed by atoms with Gasteiger partial charge in [0.1, 0.15) is 6.04 Å². The molecule has 1 aliphatic rings. The minimum atomic E-state index is -1.15. The summed E-state index contributed by atoms with van der Waals surface area (Å²) < 4.78 is 5.96. The lowest BCUT2D eigenvalue weighted by Crippen LogP contribution is -2.48. The molecule has 5 nitrogen and oxygen atoms in total. The van der Waals surface area contributed by atoms with Gasteiger partial charge >= 0.3 is 12.1 Å². The molecule has 0 aromatic heterocycles. The summed E-state index contributed by atoms with van der Waals surface area (Å²) in [6.07, 6.45) is -0.595. The molecule has 158 valence electrons. The fourth-order valence-corrected chi connectivity index (χ4v) is 5.38. The Balaban J connectivity index is 1.84. The van der Waals surface area contributed by atoms with Crippen molar-refractivity contribution >= 4 is 46.3 Å². The quantitative estimate of drug-likeness (QED) is 0.412. The van der Waals surface area contributed by atoms with Crippen LogP contribution in [0.15, 0.2) is 66.7 Å². The van der Waals surface area contributed by atoms with Gasteiger partial charge in [0.05, 0.1) is 13.2 Å². The van der Waals surface area contributed by atoms with Crippen molar-refractivity contribution in [2.75, 3.05) is 7.11 Å². The Morgan fingerprint density at radius 3 is 2.16 bits per heavy atom. The van der Waals surface area contributed by atoms with Gasteiger partial charge in [0, 0.05) is 15.0 Å². The zero-order valence-electron chi connectivity index (χ0n) is 16.6. The van der Waals surface area contributed by atoms with Crippen LogP contribution in [0.4, 0.5) is 4.79 Å². The van der Waals surface area contributed by atoms with Crippen LogP contribution in [-0.4, -0.2) is 35.2 Å². The molecule has 0 heterocycles. The van der Waals surface area contributed by atoms with E-state index in [1.54, 1.807) is 12.1 Å². The number of hydrogen-bond donors (Lipinski definition) is 1. The lowest BCUT2D eigenvalue weighted by molar-refractivity contribution is -0.143. The summed E-state index contributed by atoms with van der Waals surface area (Å²) in [6, 6.07) is 19.1. The highest BCUT2D eigenvalue weighted by atomic mass is 127. The van der Waals surface area contributed by atoms with E-state index in [9.17, 15) is 14.7 Å². The minimum Gasteiger partial charge on any atom is -0.480 e. The van der Waals surface area contributed by atoms with Gasteiger partial charge in [-0.15, -0.1) is 0 Å². The molecule has 1 amide bonds. The molecule has 1 N–H and O–H groups in total. The smallest absolute Gasteiger partial charge is 0.411 e. The van der Waals surface area contributed by atoms with E-state index < -0.39 is 24.1 Å². The van der Waals surface area contributed by atoms with Gasteiger partial charge in [-0.3, -0.25) is 4.90 Å². The van der Waals surface area contributed by atoms with E-state index in [1.807, 2.05) is 54.6 Å². The molecule has 0 radical (unpaired) electrons. The molecule has 1 aliphatic carbocycles. The first-order valence-corrected chi connectivity index (χ1v) is 11.1. The molecule has 0 saturated carbocycles. The molecule has 0 aliphatic heterocycles. The van der Waals surface area contributed by atoms with E-state index in [4.69, 9.17) is 16.3 Å². The van der Waals surface area contributed by atoms with Gasteiger partial charge in [-0.2, -0.15) is 0 Å². The van der Waals surface area contributed by atoms with Crippen LogP contribution in [0.1, 0.15) is 22.7 Å². The maximum Gasteiger partial charge on any atom is 0.411 e. The maximum atomic E-state index is 13.0. The molecular formula is C24H19ClINO4.